The summed E-state index contributed by atoms with van der Waals surface area (Å²) in [6.45, 7) is 10.6. The lowest BCUT2D eigenvalue weighted by molar-refractivity contribution is -0.201. The monoisotopic (exact) mass is 408 g/mol. The molecule has 7 heteroatoms. The van der Waals surface area contributed by atoms with E-state index in [4.69, 9.17) is 14.2 Å². The van der Waals surface area contributed by atoms with Crippen molar-refractivity contribution < 1.29 is 24.1 Å². The van der Waals surface area contributed by atoms with Gasteiger partial charge in [0.1, 0.15) is 5.75 Å². The molecule has 1 saturated heterocycles. The average Bonchev–Trinajstić information content (AvgIpc) is 2.65. The summed E-state index contributed by atoms with van der Waals surface area (Å²) in [5.74, 6) is 0.554. The van der Waals surface area contributed by atoms with Crippen LogP contribution in [0.25, 0.3) is 0 Å². The fourth-order valence-electron chi connectivity index (χ4n) is 3.38. The van der Waals surface area contributed by atoms with E-state index in [9.17, 15) is 9.90 Å². The maximum Gasteiger partial charge on any atom is 0.217 e. The molecule has 0 spiro atoms. The van der Waals surface area contributed by atoms with Crippen LogP contribution in [-0.4, -0.2) is 61.9 Å². The van der Waals surface area contributed by atoms with Crippen LogP contribution in [0.15, 0.2) is 24.3 Å². The SMILES string of the molecule is COc1cccc(C[C@H](NC(C)=O)[C@H](O)[C@H]2CO[C@@H](OCC(C)(C)C)[C@H](C)N2)c1. The molecule has 0 unspecified atom stereocenters. The summed E-state index contributed by atoms with van der Waals surface area (Å²) in [7, 11) is 1.61. The number of hydrogen-bond donors (Lipinski definition) is 3. The number of carbonyl (C=O) groups is 1. The summed E-state index contributed by atoms with van der Waals surface area (Å²) in [5.41, 5.74) is 1.02. The van der Waals surface area contributed by atoms with Gasteiger partial charge in [0, 0.05) is 6.92 Å². The van der Waals surface area contributed by atoms with Crippen molar-refractivity contribution >= 4 is 5.91 Å². The molecule has 2 rings (SSSR count). The molecule has 5 atom stereocenters. The van der Waals surface area contributed by atoms with Crippen LogP contribution in [0.5, 0.6) is 5.75 Å². The maximum absolute atomic E-state index is 11.7. The number of aliphatic hydroxyl groups is 1. The molecule has 1 aromatic carbocycles. The fraction of sp³-hybridized carbons (Fsp3) is 0.682. The van der Waals surface area contributed by atoms with Crippen molar-refractivity contribution in [1.82, 2.24) is 10.6 Å². The Labute approximate surface area is 174 Å². The fourth-order valence-corrected chi connectivity index (χ4v) is 3.38. The molecular weight excluding hydrogens is 372 g/mol. The molecule has 3 N–H and O–H groups in total. The Hall–Kier alpha value is -1.67. The van der Waals surface area contributed by atoms with Gasteiger partial charge in [0.25, 0.3) is 0 Å². The van der Waals surface area contributed by atoms with Gasteiger partial charge < -0.3 is 30.0 Å². The number of ether oxygens (including phenoxy) is 3. The van der Waals surface area contributed by atoms with Crippen molar-refractivity contribution in [2.45, 2.75) is 71.6 Å². The number of amides is 1. The lowest BCUT2D eigenvalue weighted by Gasteiger charge is -2.40. The van der Waals surface area contributed by atoms with Gasteiger partial charge in [-0.3, -0.25) is 4.79 Å². The summed E-state index contributed by atoms with van der Waals surface area (Å²) < 4.78 is 17.0. The molecule has 29 heavy (non-hydrogen) atoms. The zero-order valence-corrected chi connectivity index (χ0v) is 18.4. The van der Waals surface area contributed by atoms with Crippen LogP contribution in [0, 0.1) is 5.41 Å². The highest BCUT2D eigenvalue weighted by Crippen LogP contribution is 2.20. The van der Waals surface area contributed by atoms with E-state index in [0.29, 0.717) is 19.6 Å². The highest BCUT2D eigenvalue weighted by Gasteiger charge is 2.36. The second-order valence-electron chi connectivity index (χ2n) is 8.99. The lowest BCUT2D eigenvalue weighted by Crippen LogP contribution is -2.62. The highest BCUT2D eigenvalue weighted by molar-refractivity contribution is 5.73. The summed E-state index contributed by atoms with van der Waals surface area (Å²) >= 11 is 0. The molecule has 1 aromatic rings. The van der Waals surface area contributed by atoms with Gasteiger partial charge in [-0.15, -0.1) is 0 Å². The van der Waals surface area contributed by atoms with E-state index in [1.165, 1.54) is 6.92 Å². The van der Waals surface area contributed by atoms with Crippen LogP contribution in [0.3, 0.4) is 0 Å². The minimum absolute atomic E-state index is 0.0483. The minimum Gasteiger partial charge on any atom is -0.497 e. The van der Waals surface area contributed by atoms with Gasteiger partial charge in [0.05, 0.1) is 44.6 Å². The van der Waals surface area contributed by atoms with E-state index in [-0.39, 0.29) is 29.7 Å². The van der Waals surface area contributed by atoms with Crippen LogP contribution in [-0.2, 0) is 20.7 Å². The van der Waals surface area contributed by atoms with Gasteiger partial charge in [-0.05, 0) is 36.5 Å². The highest BCUT2D eigenvalue weighted by atomic mass is 16.7. The van der Waals surface area contributed by atoms with Crippen molar-refractivity contribution in [2.75, 3.05) is 20.3 Å². The van der Waals surface area contributed by atoms with Gasteiger partial charge in [-0.1, -0.05) is 32.9 Å². The molecule has 1 amide bonds. The number of morpholine rings is 1. The molecule has 164 valence electrons. The normalized spacial score (nSPS) is 24.6. The standard InChI is InChI=1S/C22H36N2O5/c1-14-21(29-13-22(3,4)5)28-12-19(23-14)20(26)18(24-15(2)25)11-16-8-7-9-17(10-16)27-6/h7-10,14,18-21,23,26H,11-13H2,1-6H3,(H,24,25)/t14-,18-,19+,20-,21-/m0/s1. The van der Waals surface area contributed by atoms with Crippen molar-refractivity contribution in [3.8, 4) is 5.75 Å². The smallest absolute Gasteiger partial charge is 0.217 e. The quantitative estimate of drug-likeness (QED) is 0.609. The van der Waals surface area contributed by atoms with Crippen LogP contribution in [0.2, 0.25) is 0 Å². The first kappa shape index (κ1) is 23.6. The third-order valence-electron chi connectivity index (χ3n) is 4.81. The Morgan fingerprint density at radius 1 is 1.41 bits per heavy atom. The van der Waals surface area contributed by atoms with Crippen LogP contribution >= 0.6 is 0 Å². The Kier molecular flexibility index (Phi) is 8.46. The summed E-state index contributed by atoms with van der Waals surface area (Å²) in [4.78, 5) is 11.7. The molecule has 1 aliphatic rings. The van der Waals surface area contributed by atoms with Crippen molar-refractivity contribution in [3.05, 3.63) is 29.8 Å². The third kappa shape index (κ3) is 7.59. The molecule has 0 saturated carbocycles. The first-order valence-electron chi connectivity index (χ1n) is 10.2. The van der Waals surface area contributed by atoms with Crippen molar-refractivity contribution in [1.29, 1.82) is 0 Å². The van der Waals surface area contributed by atoms with Crippen LogP contribution in [0.4, 0.5) is 0 Å². The average molecular weight is 409 g/mol. The zero-order chi connectivity index (χ0) is 21.6. The van der Waals surface area contributed by atoms with E-state index < -0.39 is 12.1 Å². The predicted molar refractivity (Wildman–Crippen MR) is 112 cm³/mol. The minimum atomic E-state index is -0.823. The molecule has 1 aliphatic heterocycles. The number of aliphatic hydroxyl groups excluding tert-OH is 1. The lowest BCUT2D eigenvalue weighted by atomic mass is 9.95. The maximum atomic E-state index is 11.7. The first-order chi connectivity index (χ1) is 13.6. The molecule has 0 radical (unpaired) electrons. The molecule has 0 aliphatic carbocycles. The topological polar surface area (TPSA) is 89.1 Å². The van der Waals surface area contributed by atoms with E-state index in [1.54, 1.807) is 7.11 Å². The van der Waals surface area contributed by atoms with Gasteiger partial charge in [-0.25, -0.2) is 0 Å². The van der Waals surface area contributed by atoms with E-state index in [1.807, 2.05) is 31.2 Å². The number of benzene rings is 1. The Morgan fingerprint density at radius 3 is 2.72 bits per heavy atom. The summed E-state index contributed by atoms with van der Waals surface area (Å²) in [6, 6.07) is 6.76. The van der Waals surface area contributed by atoms with Crippen LogP contribution in [0.1, 0.15) is 40.2 Å². The van der Waals surface area contributed by atoms with Gasteiger partial charge in [0.2, 0.25) is 5.91 Å². The number of carbonyl (C=O) groups excluding carboxylic acids is 1. The Balaban J connectivity index is 2.01. The van der Waals surface area contributed by atoms with E-state index >= 15 is 0 Å². The first-order valence-corrected chi connectivity index (χ1v) is 10.2. The molecular formula is C22H36N2O5. The Bertz CT molecular complexity index is 661. The number of hydrogen-bond acceptors (Lipinski definition) is 6. The number of nitrogens with one attached hydrogen (secondary N) is 2. The molecule has 1 fully saturated rings. The van der Waals surface area contributed by atoms with E-state index in [2.05, 4.69) is 31.4 Å². The largest absolute Gasteiger partial charge is 0.497 e. The molecule has 1 heterocycles. The van der Waals surface area contributed by atoms with Crippen molar-refractivity contribution in [2.24, 2.45) is 5.41 Å². The predicted octanol–water partition coefficient (Wildman–Crippen LogP) is 1.87. The molecule has 7 nitrogen and oxygen atoms in total. The zero-order valence-electron chi connectivity index (χ0n) is 18.4. The molecule has 0 bridgehead atoms. The Morgan fingerprint density at radius 2 is 2.14 bits per heavy atom. The molecule has 0 aromatic heterocycles. The second kappa shape index (κ2) is 10.4. The number of rotatable bonds is 8. The van der Waals surface area contributed by atoms with Gasteiger partial charge in [0.15, 0.2) is 6.29 Å². The van der Waals surface area contributed by atoms with E-state index in [0.717, 1.165) is 11.3 Å². The summed E-state index contributed by atoms with van der Waals surface area (Å²) in [6.07, 6.45) is -0.708. The third-order valence-corrected chi connectivity index (χ3v) is 4.81. The number of methoxy groups -OCH3 is 1. The second-order valence-corrected chi connectivity index (χ2v) is 8.99. The summed E-state index contributed by atoms with van der Waals surface area (Å²) in [5, 5.41) is 17.3. The van der Waals surface area contributed by atoms with Crippen LogP contribution < -0.4 is 15.4 Å². The van der Waals surface area contributed by atoms with Gasteiger partial charge >= 0.3 is 0 Å². The van der Waals surface area contributed by atoms with Gasteiger partial charge in [-0.2, -0.15) is 0 Å². The van der Waals surface area contributed by atoms with Crippen molar-refractivity contribution in [3.63, 3.8) is 0 Å².